The summed E-state index contributed by atoms with van der Waals surface area (Å²) in [5.41, 5.74) is 7.88. The van der Waals surface area contributed by atoms with E-state index in [9.17, 15) is 0 Å². The Morgan fingerprint density at radius 3 is 2.96 bits per heavy atom. The maximum atomic E-state index is 6.19. The number of hydrogen-bond acceptors (Lipinski definition) is 6. The minimum absolute atomic E-state index is 0.126. The summed E-state index contributed by atoms with van der Waals surface area (Å²) in [4.78, 5) is 4.06. The second-order valence-corrected chi connectivity index (χ2v) is 6.64. The molecule has 0 bridgehead atoms. The largest absolute Gasteiger partial charge is 0.382 e. The molecule has 2 fully saturated rings. The van der Waals surface area contributed by atoms with E-state index < -0.39 is 11.4 Å². The molecule has 7 heteroatoms. The van der Waals surface area contributed by atoms with Crippen molar-refractivity contribution >= 4 is 17.4 Å². The number of nitrogens with two attached hydrogens (primary N) is 1. The van der Waals surface area contributed by atoms with Crippen LogP contribution in [0.1, 0.15) is 38.1 Å². The van der Waals surface area contributed by atoms with Gasteiger partial charge in [-0.2, -0.15) is 5.10 Å². The lowest BCUT2D eigenvalue weighted by atomic mass is 9.93. The van der Waals surface area contributed by atoms with Crippen LogP contribution in [0.3, 0.4) is 0 Å². The Morgan fingerprint density at radius 2 is 2.22 bits per heavy atom. The monoisotopic (exact) mass is 316 g/mol. The van der Waals surface area contributed by atoms with Gasteiger partial charge in [0.1, 0.15) is 29.7 Å². The molecule has 122 valence electrons. The fourth-order valence-electron chi connectivity index (χ4n) is 3.69. The predicted octanol–water partition coefficient (Wildman–Crippen LogP) is 1.94. The standard InChI is InChI=1S/C16H20N4O3/c1-5-9-6-10(20-12(9)14(17)18-8-19-20)13-16(4)11(7-21-13)22-15(2,3)23-16/h5-6,8,11,13H,1,7H2,2-4H3,(H2,17,18,19)/t11-,13+,16-/m1/s1. The number of hydrogen-bond donors (Lipinski definition) is 1. The smallest absolute Gasteiger partial charge is 0.164 e. The van der Waals surface area contributed by atoms with Gasteiger partial charge in [-0.25, -0.2) is 9.50 Å². The van der Waals surface area contributed by atoms with Gasteiger partial charge in [0.25, 0.3) is 0 Å². The molecule has 2 aliphatic heterocycles. The first kappa shape index (κ1) is 14.6. The number of ether oxygens (including phenoxy) is 3. The zero-order chi connectivity index (χ0) is 16.4. The van der Waals surface area contributed by atoms with E-state index in [0.717, 1.165) is 16.8 Å². The molecule has 4 heterocycles. The van der Waals surface area contributed by atoms with E-state index in [-0.39, 0.29) is 12.2 Å². The lowest BCUT2D eigenvalue weighted by Crippen LogP contribution is -2.38. The van der Waals surface area contributed by atoms with E-state index in [1.165, 1.54) is 6.33 Å². The average molecular weight is 316 g/mol. The molecule has 0 unspecified atom stereocenters. The molecule has 0 aliphatic carbocycles. The van der Waals surface area contributed by atoms with Gasteiger partial charge in [0.15, 0.2) is 11.6 Å². The van der Waals surface area contributed by atoms with Crippen molar-refractivity contribution in [2.24, 2.45) is 0 Å². The summed E-state index contributed by atoms with van der Waals surface area (Å²) >= 11 is 0. The number of nitrogen functional groups attached to an aromatic ring is 1. The summed E-state index contributed by atoms with van der Waals surface area (Å²) in [6.45, 7) is 10.2. The molecule has 4 rings (SSSR count). The number of anilines is 1. The lowest BCUT2D eigenvalue weighted by molar-refractivity contribution is -0.195. The summed E-state index contributed by atoms with van der Waals surface area (Å²) in [5.74, 6) is -0.228. The minimum Gasteiger partial charge on any atom is -0.382 e. The van der Waals surface area contributed by atoms with Crippen LogP contribution in [0, 0.1) is 0 Å². The molecule has 0 saturated carbocycles. The van der Waals surface area contributed by atoms with Gasteiger partial charge in [-0.05, 0) is 26.8 Å². The van der Waals surface area contributed by atoms with Crippen molar-refractivity contribution in [2.75, 3.05) is 12.3 Å². The molecule has 2 aliphatic rings. The molecule has 2 saturated heterocycles. The van der Waals surface area contributed by atoms with Crippen LogP contribution in [0.5, 0.6) is 0 Å². The summed E-state index contributed by atoms with van der Waals surface area (Å²) in [6.07, 6.45) is 2.73. The minimum atomic E-state index is -0.635. The van der Waals surface area contributed by atoms with Crippen molar-refractivity contribution in [3.8, 4) is 0 Å². The maximum Gasteiger partial charge on any atom is 0.164 e. The molecule has 3 atom stereocenters. The van der Waals surface area contributed by atoms with Gasteiger partial charge in [-0.3, -0.25) is 0 Å². The van der Waals surface area contributed by atoms with Gasteiger partial charge in [0.2, 0.25) is 0 Å². The van der Waals surface area contributed by atoms with Gasteiger partial charge >= 0.3 is 0 Å². The van der Waals surface area contributed by atoms with Crippen LogP contribution in [0.25, 0.3) is 11.6 Å². The van der Waals surface area contributed by atoms with Crippen LogP contribution in [-0.2, 0) is 14.2 Å². The summed E-state index contributed by atoms with van der Waals surface area (Å²) in [7, 11) is 0. The molecule has 0 radical (unpaired) electrons. The van der Waals surface area contributed by atoms with E-state index in [1.54, 1.807) is 10.6 Å². The number of aromatic nitrogens is 3. The van der Waals surface area contributed by atoms with E-state index in [0.29, 0.717) is 12.4 Å². The summed E-state index contributed by atoms with van der Waals surface area (Å²) in [5, 5.41) is 4.34. The topological polar surface area (TPSA) is 83.9 Å². The highest BCUT2D eigenvalue weighted by molar-refractivity contribution is 5.79. The van der Waals surface area contributed by atoms with Gasteiger partial charge in [-0.1, -0.05) is 12.7 Å². The van der Waals surface area contributed by atoms with Crippen molar-refractivity contribution in [1.29, 1.82) is 0 Å². The second-order valence-electron chi connectivity index (χ2n) is 6.64. The van der Waals surface area contributed by atoms with Crippen molar-refractivity contribution < 1.29 is 14.2 Å². The summed E-state index contributed by atoms with van der Waals surface area (Å²) < 4.78 is 19.9. The Labute approximate surface area is 134 Å². The zero-order valence-corrected chi connectivity index (χ0v) is 13.4. The Balaban J connectivity index is 1.87. The van der Waals surface area contributed by atoms with Crippen LogP contribution < -0.4 is 5.73 Å². The molecule has 0 aromatic carbocycles. The highest BCUT2D eigenvalue weighted by Gasteiger charge is 2.60. The SMILES string of the molecule is C=Cc1cc([C@@H]2OC[C@H]3OC(C)(C)O[C@]32C)n2ncnc(N)c12. The normalized spacial score (nSPS) is 32.3. The van der Waals surface area contributed by atoms with Crippen LogP contribution in [-0.4, -0.2) is 38.7 Å². The third-order valence-electron chi connectivity index (χ3n) is 4.59. The molecule has 2 N–H and O–H groups in total. The Kier molecular flexibility index (Phi) is 2.88. The van der Waals surface area contributed by atoms with E-state index in [1.807, 2.05) is 26.8 Å². The van der Waals surface area contributed by atoms with Gasteiger partial charge in [0, 0.05) is 5.56 Å². The fourth-order valence-corrected chi connectivity index (χ4v) is 3.69. The Morgan fingerprint density at radius 1 is 1.43 bits per heavy atom. The number of rotatable bonds is 2. The number of nitrogens with zero attached hydrogens (tertiary/aromatic N) is 3. The van der Waals surface area contributed by atoms with E-state index >= 15 is 0 Å². The van der Waals surface area contributed by atoms with Gasteiger partial charge in [0.05, 0.1) is 12.3 Å². The lowest BCUT2D eigenvalue weighted by Gasteiger charge is -2.29. The van der Waals surface area contributed by atoms with Gasteiger partial charge < -0.3 is 19.9 Å². The predicted molar refractivity (Wildman–Crippen MR) is 84.6 cm³/mol. The molecular weight excluding hydrogens is 296 g/mol. The molecule has 23 heavy (non-hydrogen) atoms. The quantitative estimate of drug-likeness (QED) is 0.911. The average Bonchev–Trinajstić information content (AvgIpc) is 3.05. The fraction of sp³-hybridized carbons (Fsp3) is 0.500. The molecular formula is C16H20N4O3. The molecule has 0 spiro atoms. The van der Waals surface area contributed by atoms with E-state index in [2.05, 4.69) is 16.7 Å². The van der Waals surface area contributed by atoms with Gasteiger partial charge in [-0.15, -0.1) is 0 Å². The summed E-state index contributed by atoms with van der Waals surface area (Å²) in [6, 6.07) is 1.97. The Bertz CT molecular complexity index is 800. The van der Waals surface area contributed by atoms with Crippen LogP contribution >= 0.6 is 0 Å². The molecule has 2 aromatic rings. The van der Waals surface area contributed by atoms with Crippen molar-refractivity contribution in [2.45, 2.75) is 44.4 Å². The van der Waals surface area contributed by atoms with Crippen molar-refractivity contribution in [3.63, 3.8) is 0 Å². The Hall–Kier alpha value is -1.96. The first-order valence-electron chi connectivity index (χ1n) is 7.60. The maximum absolute atomic E-state index is 6.19. The first-order chi connectivity index (χ1) is 10.9. The molecule has 2 aromatic heterocycles. The van der Waals surface area contributed by atoms with Crippen LogP contribution in [0.15, 0.2) is 19.0 Å². The third-order valence-corrected chi connectivity index (χ3v) is 4.59. The molecule has 7 nitrogen and oxygen atoms in total. The second kappa shape index (κ2) is 4.53. The molecule has 0 amide bonds. The van der Waals surface area contributed by atoms with Crippen LogP contribution in [0.4, 0.5) is 5.82 Å². The first-order valence-corrected chi connectivity index (χ1v) is 7.60. The highest BCUT2D eigenvalue weighted by Crippen LogP contribution is 2.50. The van der Waals surface area contributed by atoms with E-state index in [4.69, 9.17) is 19.9 Å². The third kappa shape index (κ3) is 1.94. The van der Waals surface area contributed by atoms with Crippen LogP contribution in [0.2, 0.25) is 0 Å². The van der Waals surface area contributed by atoms with Crippen molar-refractivity contribution in [3.05, 3.63) is 30.2 Å². The number of fused-ring (bicyclic) bond motifs is 2. The zero-order valence-electron chi connectivity index (χ0n) is 13.4. The van der Waals surface area contributed by atoms with Crippen molar-refractivity contribution in [1.82, 2.24) is 14.6 Å². The highest BCUT2D eigenvalue weighted by atomic mass is 16.8.